The maximum Gasteiger partial charge on any atom is 0.351 e. The fraction of sp³-hybridized carbons (Fsp3) is 0.0455. The number of rotatable bonds is 4. The van der Waals surface area contributed by atoms with Gasteiger partial charge in [-0.05, 0) is 48.5 Å². The summed E-state index contributed by atoms with van der Waals surface area (Å²) in [6.07, 6.45) is 1.29. The monoisotopic (exact) mass is 407 g/mol. The molecule has 7 heteroatoms. The number of nitrogens with zero attached hydrogens (tertiary/aromatic N) is 1. The Labute approximate surface area is 168 Å². The van der Waals surface area contributed by atoms with E-state index in [1.807, 2.05) is 30.3 Å². The maximum absolute atomic E-state index is 12.8. The number of hydrogen-bond acceptors (Lipinski definition) is 6. The van der Waals surface area contributed by atoms with Crippen molar-refractivity contribution < 1.29 is 22.7 Å². The van der Waals surface area contributed by atoms with Crippen LogP contribution in [-0.2, 0) is 19.4 Å². The molecule has 0 aromatic heterocycles. The summed E-state index contributed by atoms with van der Waals surface area (Å²) in [6, 6.07) is 23.0. The van der Waals surface area contributed by atoms with Gasteiger partial charge in [0.1, 0.15) is 11.5 Å². The Hall–Kier alpha value is -3.58. The Kier molecular flexibility index (Phi) is 4.82. The van der Waals surface area contributed by atoms with Crippen molar-refractivity contribution in [1.82, 2.24) is 0 Å². The number of carbonyl (C=O) groups is 1. The molecule has 0 saturated heterocycles. The molecule has 3 aromatic rings. The highest BCUT2D eigenvalue weighted by molar-refractivity contribution is 7.96. The Morgan fingerprint density at radius 2 is 1.45 bits per heavy atom. The van der Waals surface area contributed by atoms with Gasteiger partial charge in [-0.3, -0.25) is 0 Å². The summed E-state index contributed by atoms with van der Waals surface area (Å²) in [5.74, 6) is 0.436. The third kappa shape index (κ3) is 3.48. The Bertz CT molecular complexity index is 1190. The molecule has 1 heterocycles. The smallest absolute Gasteiger partial charge is 0.351 e. The molecular formula is C22H17NO5S. The van der Waals surface area contributed by atoms with Gasteiger partial charge >= 0.3 is 5.97 Å². The van der Waals surface area contributed by atoms with Gasteiger partial charge in [0.15, 0.2) is 4.91 Å². The average Bonchev–Trinajstić information content (AvgIpc) is 2.75. The van der Waals surface area contributed by atoms with E-state index in [1.54, 1.807) is 47.4 Å². The summed E-state index contributed by atoms with van der Waals surface area (Å²) in [6.45, 7) is 0. The summed E-state index contributed by atoms with van der Waals surface area (Å²) >= 11 is 0. The first kappa shape index (κ1) is 18.8. The van der Waals surface area contributed by atoms with Crippen molar-refractivity contribution in [3.05, 3.63) is 90.0 Å². The summed E-state index contributed by atoms with van der Waals surface area (Å²) in [5, 5.41) is 0. The third-order valence-corrected chi connectivity index (χ3v) is 6.21. The van der Waals surface area contributed by atoms with Gasteiger partial charge in [-0.2, -0.15) is 0 Å². The lowest BCUT2D eigenvalue weighted by atomic mass is 10.2. The lowest BCUT2D eigenvalue weighted by Gasteiger charge is -2.28. The first-order valence-corrected chi connectivity index (χ1v) is 10.3. The number of hydrogen-bond donors (Lipinski definition) is 0. The van der Waals surface area contributed by atoms with Gasteiger partial charge in [-0.25, -0.2) is 13.2 Å². The van der Waals surface area contributed by atoms with Gasteiger partial charge in [0.25, 0.3) is 0 Å². The van der Waals surface area contributed by atoms with Crippen molar-refractivity contribution >= 4 is 27.2 Å². The minimum atomic E-state index is -3.96. The van der Waals surface area contributed by atoms with E-state index in [-0.39, 0.29) is 4.90 Å². The number of carbonyl (C=O) groups excluding carboxylic acids is 1. The average molecular weight is 407 g/mol. The van der Waals surface area contributed by atoms with Crippen LogP contribution in [0.2, 0.25) is 0 Å². The molecule has 29 heavy (non-hydrogen) atoms. The molecule has 0 fully saturated rings. The molecular weight excluding hydrogens is 390 g/mol. The zero-order valence-electron chi connectivity index (χ0n) is 15.5. The second-order valence-corrected chi connectivity index (χ2v) is 8.12. The molecule has 1 aliphatic rings. The molecule has 0 unspecified atom stereocenters. The van der Waals surface area contributed by atoms with Crippen LogP contribution in [0.25, 0.3) is 0 Å². The molecule has 0 amide bonds. The number of esters is 1. The Balaban J connectivity index is 1.74. The Morgan fingerprint density at radius 3 is 2.14 bits per heavy atom. The van der Waals surface area contributed by atoms with Gasteiger partial charge < -0.3 is 14.4 Å². The van der Waals surface area contributed by atoms with Crippen LogP contribution in [0.15, 0.2) is 94.9 Å². The number of sulfone groups is 1. The molecule has 0 aliphatic carbocycles. The van der Waals surface area contributed by atoms with Crippen LogP contribution in [-0.4, -0.2) is 21.5 Å². The summed E-state index contributed by atoms with van der Waals surface area (Å²) < 4.78 is 36.1. The van der Waals surface area contributed by atoms with Crippen LogP contribution in [0.4, 0.5) is 11.4 Å². The van der Waals surface area contributed by atoms with Crippen molar-refractivity contribution in [2.24, 2.45) is 0 Å². The normalized spacial score (nSPS) is 14.5. The lowest BCUT2D eigenvalue weighted by molar-refractivity contribution is -0.135. The molecule has 1 aliphatic heterocycles. The zero-order valence-corrected chi connectivity index (χ0v) is 16.3. The quantitative estimate of drug-likeness (QED) is 0.596. The van der Waals surface area contributed by atoms with Crippen LogP contribution in [0.1, 0.15) is 0 Å². The minimum absolute atomic E-state index is 0.0486. The zero-order chi connectivity index (χ0) is 20.4. The summed E-state index contributed by atoms with van der Waals surface area (Å²) in [4.78, 5) is 13.4. The van der Waals surface area contributed by atoms with E-state index in [0.717, 1.165) is 7.11 Å². The molecule has 0 spiro atoms. The number of para-hydroxylation sites is 2. The molecule has 0 bridgehead atoms. The second kappa shape index (κ2) is 7.44. The van der Waals surface area contributed by atoms with Crippen LogP contribution in [0.3, 0.4) is 0 Å². The van der Waals surface area contributed by atoms with E-state index >= 15 is 0 Å². The molecule has 146 valence electrons. The Morgan fingerprint density at radius 1 is 0.828 bits per heavy atom. The first-order valence-electron chi connectivity index (χ1n) is 8.77. The van der Waals surface area contributed by atoms with Crippen LogP contribution < -0.4 is 9.64 Å². The number of anilines is 2. The summed E-state index contributed by atoms with van der Waals surface area (Å²) in [7, 11) is -2.81. The molecule has 0 radical (unpaired) electrons. The number of methoxy groups -OCH3 is 1. The van der Waals surface area contributed by atoms with E-state index in [4.69, 9.17) is 4.74 Å². The second-order valence-electron chi connectivity index (χ2n) is 6.24. The van der Waals surface area contributed by atoms with Crippen LogP contribution in [0.5, 0.6) is 11.5 Å². The highest BCUT2D eigenvalue weighted by atomic mass is 32.2. The van der Waals surface area contributed by atoms with Crippen molar-refractivity contribution in [2.75, 3.05) is 12.0 Å². The maximum atomic E-state index is 12.8. The topological polar surface area (TPSA) is 72.9 Å². The fourth-order valence-electron chi connectivity index (χ4n) is 3.03. The molecule has 0 atom stereocenters. The largest absolute Gasteiger partial charge is 0.465 e. The first-order chi connectivity index (χ1) is 14.0. The molecule has 6 nitrogen and oxygen atoms in total. The van der Waals surface area contributed by atoms with Gasteiger partial charge in [0.05, 0.1) is 17.7 Å². The number of ether oxygens (including phenoxy) is 2. The van der Waals surface area contributed by atoms with Crippen molar-refractivity contribution in [2.45, 2.75) is 4.90 Å². The van der Waals surface area contributed by atoms with E-state index in [2.05, 4.69) is 4.74 Å². The van der Waals surface area contributed by atoms with Crippen LogP contribution in [0, 0.1) is 0 Å². The summed E-state index contributed by atoms with van der Waals surface area (Å²) in [5.41, 5.74) is 1.13. The van der Waals surface area contributed by atoms with E-state index in [0.29, 0.717) is 22.9 Å². The van der Waals surface area contributed by atoms with E-state index in [1.165, 1.54) is 12.3 Å². The molecule has 4 rings (SSSR count). The van der Waals surface area contributed by atoms with Gasteiger partial charge in [-0.1, -0.05) is 30.3 Å². The standard InChI is InChI=1S/C22H17NO5S/c1-27-22(24)21-15-23(19-9-5-6-10-20(19)29(21,25)26)16-11-13-18(14-12-16)28-17-7-3-2-4-8-17/h2-15H,1H3. The van der Waals surface area contributed by atoms with Crippen molar-refractivity contribution in [1.29, 1.82) is 0 Å². The van der Waals surface area contributed by atoms with Crippen LogP contribution >= 0.6 is 0 Å². The molecule has 3 aromatic carbocycles. The molecule has 0 saturated carbocycles. The van der Waals surface area contributed by atoms with E-state index in [9.17, 15) is 13.2 Å². The lowest BCUT2D eigenvalue weighted by Crippen LogP contribution is -2.26. The van der Waals surface area contributed by atoms with Gasteiger partial charge in [0.2, 0.25) is 9.84 Å². The predicted molar refractivity (Wildman–Crippen MR) is 109 cm³/mol. The SMILES string of the molecule is COC(=O)C1=CN(c2ccc(Oc3ccccc3)cc2)c2ccccc2S1(=O)=O. The molecule has 0 N–H and O–H groups in total. The number of benzene rings is 3. The highest BCUT2D eigenvalue weighted by Crippen LogP contribution is 2.40. The highest BCUT2D eigenvalue weighted by Gasteiger charge is 2.36. The van der Waals surface area contributed by atoms with Crippen molar-refractivity contribution in [3.63, 3.8) is 0 Å². The predicted octanol–water partition coefficient (Wildman–Crippen LogP) is 4.42. The van der Waals surface area contributed by atoms with Gasteiger partial charge in [-0.15, -0.1) is 0 Å². The van der Waals surface area contributed by atoms with Crippen molar-refractivity contribution in [3.8, 4) is 11.5 Å². The fourth-order valence-corrected chi connectivity index (χ4v) is 4.52. The minimum Gasteiger partial charge on any atom is -0.465 e. The van der Waals surface area contributed by atoms with Gasteiger partial charge in [0, 0.05) is 11.9 Å². The number of fused-ring (bicyclic) bond motifs is 1. The third-order valence-electron chi connectivity index (χ3n) is 4.43. The van der Waals surface area contributed by atoms with E-state index < -0.39 is 20.7 Å².